The Morgan fingerprint density at radius 3 is 2.29 bits per heavy atom. The number of rotatable bonds is 5. The van der Waals surface area contributed by atoms with E-state index in [-0.39, 0.29) is 11.3 Å². The van der Waals surface area contributed by atoms with Gasteiger partial charge in [0.1, 0.15) is 11.4 Å². The molecule has 1 aromatic carbocycles. The SMILES string of the molecule is [C-]#[N+]C(C#N)=C1OC(C)(CC(F)(F)F)C(C=CC=Cc2ccc(N(C)C)cc2)=C1[N+]#[C-]. The molecule has 0 fully saturated rings. The summed E-state index contributed by atoms with van der Waals surface area (Å²) in [5, 5.41) is 9.10. The van der Waals surface area contributed by atoms with Gasteiger partial charge < -0.3 is 9.64 Å². The molecule has 31 heavy (non-hydrogen) atoms. The molecule has 0 aromatic heterocycles. The molecule has 1 unspecified atom stereocenters. The molecule has 1 atom stereocenters. The number of ether oxygens (including phenoxy) is 1. The highest BCUT2D eigenvalue weighted by Gasteiger charge is 2.49. The second kappa shape index (κ2) is 9.24. The van der Waals surface area contributed by atoms with Gasteiger partial charge in [0.2, 0.25) is 5.70 Å². The summed E-state index contributed by atoms with van der Waals surface area (Å²) in [6.45, 7) is 15.6. The van der Waals surface area contributed by atoms with Crippen LogP contribution in [0.25, 0.3) is 15.8 Å². The Balaban J connectivity index is 2.43. The lowest BCUT2D eigenvalue weighted by atomic mass is 9.91. The fourth-order valence-corrected chi connectivity index (χ4v) is 3.07. The predicted octanol–water partition coefficient (Wildman–Crippen LogP) is 5.89. The Bertz CT molecular complexity index is 1070. The molecule has 1 aliphatic rings. The summed E-state index contributed by atoms with van der Waals surface area (Å²) in [7, 11) is 3.85. The highest BCUT2D eigenvalue weighted by Crippen LogP contribution is 2.46. The second-order valence-electron chi connectivity index (χ2n) is 7.10. The zero-order valence-electron chi connectivity index (χ0n) is 17.2. The van der Waals surface area contributed by atoms with Crippen molar-refractivity contribution in [2.24, 2.45) is 0 Å². The summed E-state index contributed by atoms with van der Waals surface area (Å²) in [6, 6.07) is 9.23. The third kappa shape index (κ3) is 5.56. The maximum absolute atomic E-state index is 13.2. The number of alkyl halides is 3. The number of nitrogens with zero attached hydrogens (tertiary/aromatic N) is 4. The molecule has 1 aliphatic heterocycles. The van der Waals surface area contributed by atoms with Gasteiger partial charge in [-0.15, -0.1) is 0 Å². The Hall–Kier alpha value is -3.96. The van der Waals surface area contributed by atoms with Crippen LogP contribution in [0.5, 0.6) is 0 Å². The lowest BCUT2D eigenvalue weighted by molar-refractivity contribution is -0.165. The van der Waals surface area contributed by atoms with Crippen LogP contribution in [0.2, 0.25) is 0 Å². The van der Waals surface area contributed by atoms with Crippen LogP contribution in [-0.2, 0) is 4.74 Å². The van der Waals surface area contributed by atoms with E-state index in [4.69, 9.17) is 23.1 Å². The van der Waals surface area contributed by atoms with Crippen LogP contribution in [0, 0.1) is 24.5 Å². The summed E-state index contributed by atoms with van der Waals surface area (Å²) in [6.07, 6.45) is 0.317. The van der Waals surface area contributed by atoms with Gasteiger partial charge in [-0.3, -0.25) is 0 Å². The molecule has 158 valence electrons. The Morgan fingerprint density at radius 2 is 1.81 bits per heavy atom. The minimum atomic E-state index is -4.58. The molecule has 0 radical (unpaired) electrons. The maximum Gasteiger partial charge on any atom is 0.393 e. The largest absolute Gasteiger partial charge is 0.505 e. The van der Waals surface area contributed by atoms with E-state index in [9.17, 15) is 13.2 Å². The summed E-state index contributed by atoms with van der Waals surface area (Å²) < 4.78 is 44.9. The standard InChI is InChI=1S/C23H19F3N4O/c1-22(15-23(24,25)26)18(20(29-3)21(31-22)19(14-27)28-2)9-7-6-8-16-10-12-17(13-11-16)30(4)5/h6-13H,15H2,1,4-5H3. The van der Waals surface area contributed by atoms with Crippen LogP contribution in [-0.4, -0.2) is 25.9 Å². The van der Waals surface area contributed by atoms with Crippen LogP contribution in [0.1, 0.15) is 18.9 Å². The number of anilines is 1. The van der Waals surface area contributed by atoms with Crippen LogP contribution in [0.3, 0.4) is 0 Å². The first-order valence-corrected chi connectivity index (χ1v) is 9.07. The molecule has 0 saturated carbocycles. The average Bonchev–Trinajstić information content (AvgIpc) is 2.96. The summed E-state index contributed by atoms with van der Waals surface area (Å²) in [5.41, 5.74) is -0.857. The third-order valence-corrected chi connectivity index (χ3v) is 4.52. The van der Waals surface area contributed by atoms with E-state index in [2.05, 4.69) is 9.69 Å². The Morgan fingerprint density at radius 1 is 1.19 bits per heavy atom. The first-order valence-electron chi connectivity index (χ1n) is 9.07. The monoisotopic (exact) mass is 424 g/mol. The van der Waals surface area contributed by atoms with Crippen molar-refractivity contribution in [2.45, 2.75) is 25.1 Å². The first kappa shape index (κ1) is 23.3. The second-order valence-corrected chi connectivity index (χ2v) is 7.10. The van der Waals surface area contributed by atoms with Gasteiger partial charge in [-0.1, -0.05) is 36.4 Å². The van der Waals surface area contributed by atoms with E-state index < -0.39 is 29.7 Å². The number of allylic oxidation sites excluding steroid dienone is 3. The van der Waals surface area contributed by atoms with Crippen molar-refractivity contribution in [1.29, 1.82) is 5.26 Å². The van der Waals surface area contributed by atoms with Crippen LogP contribution >= 0.6 is 0 Å². The quantitative estimate of drug-likeness (QED) is 0.336. The van der Waals surface area contributed by atoms with Crippen LogP contribution < -0.4 is 4.90 Å². The molecule has 0 bridgehead atoms. The van der Waals surface area contributed by atoms with E-state index in [0.29, 0.717) is 0 Å². The summed E-state index contributed by atoms with van der Waals surface area (Å²) >= 11 is 0. The normalized spacial score (nSPS) is 20.4. The van der Waals surface area contributed by atoms with E-state index in [0.717, 1.165) is 11.3 Å². The van der Waals surface area contributed by atoms with Gasteiger partial charge in [-0.25, -0.2) is 15.0 Å². The van der Waals surface area contributed by atoms with Gasteiger partial charge in [0.25, 0.3) is 5.70 Å². The third-order valence-electron chi connectivity index (χ3n) is 4.52. The molecule has 1 aromatic rings. The fraction of sp³-hybridized carbons (Fsp3) is 0.261. The lowest BCUT2D eigenvalue weighted by Gasteiger charge is -2.28. The zero-order chi connectivity index (χ0) is 23.2. The van der Waals surface area contributed by atoms with Gasteiger partial charge in [0.05, 0.1) is 25.6 Å². The van der Waals surface area contributed by atoms with Crippen molar-refractivity contribution in [3.8, 4) is 6.07 Å². The van der Waals surface area contributed by atoms with Crippen LogP contribution in [0.4, 0.5) is 18.9 Å². The molecule has 2 rings (SSSR count). The molecular weight excluding hydrogens is 405 g/mol. The van der Waals surface area contributed by atoms with Crippen molar-refractivity contribution >= 4 is 11.8 Å². The van der Waals surface area contributed by atoms with Crippen LogP contribution in [0.15, 0.2) is 65.2 Å². The van der Waals surface area contributed by atoms with Crippen molar-refractivity contribution in [3.05, 3.63) is 93.6 Å². The first-order chi connectivity index (χ1) is 14.5. The predicted molar refractivity (Wildman–Crippen MR) is 112 cm³/mol. The maximum atomic E-state index is 13.2. The number of hydrogen-bond donors (Lipinski definition) is 0. The molecular formula is C23H19F3N4O. The van der Waals surface area contributed by atoms with Gasteiger partial charge in [-0.05, 0) is 24.6 Å². The molecule has 0 N–H and O–H groups in total. The highest BCUT2D eigenvalue weighted by molar-refractivity contribution is 5.58. The molecule has 0 spiro atoms. The molecule has 5 nitrogen and oxygen atoms in total. The number of benzene rings is 1. The van der Waals surface area contributed by atoms with Crippen molar-refractivity contribution in [3.63, 3.8) is 0 Å². The van der Waals surface area contributed by atoms with Crippen molar-refractivity contribution in [1.82, 2.24) is 0 Å². The van der Waals surface area contributed by atoms with Gasteiger partial charge in [0, 0.05) is 25.4 Å². The molecule has 8 heteroatoms. The molecule has 1 heterocycles. The Labute approximate surface area is 179 Å². The highest BCUT2D eigenvalue weighted by atomic mass is 19.4. The van der Waals surface area contributed by atoms with Crippen molar-refractivity contribution < 1.29 is 17.9 Å². The van der Waals surface area contributed by atoms with Gasteiger partial charge in [-0.2, -0.15) is 13.2 Å². The lowest BCUT2D eigenvalue weighted by Crippen LogP contribution is -2.33. The summed E-state index contributed by atoms with van der Waals surface area (Å²) in [4.78, 5) is 8.20. The van der Waals surface area contributed by atoms with E-state index >= 15 is 0 Å². The fourth-order valence-electron chi connectivity index (χ4n) is 3.07. The average molecular weight is 424 g/mol. The summed E-state index contributed by atoms with van der Waals surface area (Å²) in [5.74, 6) is -0.415. The molecule has 0 aliphatic carbocycles. The number of halogens is 3. The topological polar surface area (TPSA) is 45.0 Å². The number of hydrogen-bond acceptors (Lipinski definition) is 3. The molecule has 0 amide bonds. The smallest absolute Gasteiger partial charge is 0.393 e. The van der Waals surface area contributed by atoms with Crippen molar-refractivity contribution in [2.75, 3.05) is 19.0 Å². The van der Waals surface area contributed by atoms with E-state index in [1.54, 1.807) is 18.2 Å². The zero-order valence-corrected chi connectivity index (χ0v) is 17.2. The minimum Gasteiger partial charge on any atom is -0.505 e. The Kier molecular flexibility index (Phi) is 6.95. The molecule has 0 saturated heterocycles. The van der Waals surface area contributed by atoms with Gasteiger partial charge >= 0.3 is 6.18 Å². The number of nitriles is 1. The minimum absolute atomic E-state index is 0.0289. The van der Waals surface area contributed by atoms with E-state index in [1.165, 1.54) is 19.1 Å². The van der Waals surface area contributed by atoms with Gasteiger partial charge in [0.15, 0.2) is 0 Å². The van der Waals surface area contributed by atoms with E-state index in [1.807, 2.05) is 43.3 Å².